The average Bonchev–Trinajstić information content (AvgIpc) is 3.21. The number of nitrogens with zero attached hydrogens (tertiary/aromatic N) is 1. The molecule has 164 valence electrons. The number of methoxy groups -OCH3 is 1. The van der Waals surface area contributed by atoms with Crippen LogP contribution in [0.2, 0.25) is 0 Å². The van der Waals surface area contributed by atoms with Crippen LogP contribution >= 0.6 is 0 Å². The lowest BCUT2D eigenvalue weighted by atomic mass is 9.81. The Hall–Kier alpha value is -3.62. The molecule has 2 aromatic carbocycles. The molecule has 0 amide bonds. The van der Waals surface area contributed by atoms with E-state index in [1.807, 2.05) is 0 Å². The molecule has 0 saturated heterocycles. The number of ether oxygens (including phenoxy) is 4. The van der Waals surface area contributed by atoms with Gasteiger partial charge in [0.15, 0.2) is 17.3 Å². The van der Waals surface area contributed by atoms with Crippen molar-refractivity contribution in [1.29, 1.82) is 0 Å². The molecule has 2 unspecified atom stereocenters. The van der Waals surface area contributed by atoms with Crippen LogP contribution in [0.4, 0.5) is 0 Å². The number of hydrogen-bond donors (Lipinski definition) is 0. The van der Waals surface area contributed by atoms with Gasteiger partial charge in [0, 0.05) is 16.4 Å². The largest absolute Gasteiger partial charge is 0.497 e. The van der Waals surface area contributed by atoms with Crippen molar-refractivity contribution in [2.75, 3.05) is 27.1 Å². The Morgan fingerprint density at radius 1 is 1.13 bits per heavy atom. The van der Waals surface area contributed by atoms with Gasteiger partial charge in [-0.2, -0.15) is 0 Å². The monoisotopic (exact) mass is 429 g/mol. The van der Waals surface area contributed by atoms with Crippen LogP contribution in [-0.4, -0.2) is 43.7 Å². The highest BCUT2D eigenvalue weighted by Gasteiger charge is 2.39. The van der Waals surface area contributed by atoms with Crippen LogP contribution in [0.1, 0.15) is 22.8 Å². The maximum absolute atomic E-state index is 13.3. The Kier molecular flexibility index (Phi) is 7.07. The molecule has 1 heterocycles. The second-order valence-electron chi connectivity index (χ2n) is 6.99. The summed E-state index contributed by atoms with van der Waals surface area (Å²) < 4.78 is 20.9. The first-order valence-electron chi connectivity index (χ1n) is 9.78. The molecule has 3 rings (SSSR count). The highest BCUT2D eigenvalue weighted by Crippen LogP contribution is 2.34. The highest BCUT2D eigenvalue weighted by molar-refractivity contribution is 6.09. The predicted molar refractivity (Wildman–Crippen MR) is 109 cm³/mol. The Morgan fingerprint density at radius 2 is 1.84 bits per heavy atom. The van der Waals surface area contributed by atoms with E-state index in [-0.39, 0.29) is 25.4 Å². The Balaban J connectivity index is 1.93. The summed E-state index contributed by atoms with van der Waals surface area (Å²) >= 11 is 0. The maximum atomic E-state index is 13.3. The number of fused-ring (bicyclic) bond motifs is 1. The minimum Gasteiger partial charge on any atom is -0.497 e. The van der Waals surface area contributed by atoms with E-state index >= 15 is 0 Å². The molecule has 9 nitrogen and oxygen atoms in total. The lowest BCUT2D eigenvalue weighted by Gasteiger charge is -2.22. The molecule has 1 aliphatic rings. The van der Waals surface area contributed by atoms with Crippen molar-refractivity contribution in [2.24, 2.45) is 11.8 Å². The SMILES string of the molecule is CCOC(=O)C(C(=O)c1ccc(OC)cc1)C(Cc1ccc2c(c1)OCO2)C[N+](=O)[O-]. The van der Waals surface area contributed by atoms with Gasteiger partial charge in [0.1, 0.15) is 11.7 Å². The molecule has 0 saturated carbocycles. The summed E-state index contributed by atoms with van der Waals surface area (Å²) in [4.78, 5) is 36.9. The van der Waals surface area contributed by atoms with Gasteiger partial charge in [-0.25, -0.2) is 0 Å². The zero-order valence-corrected chi connectivity index (χ0v) is 17.2. The van der Waals surface area contributed by atoms with E-state index in [0.29, 0.717) is 22.8 Å². The van der Waals surface area contributed by atoms with Gasteiger partial charge in [-0.3, -0.25) is 19.7 Å². The van der Waals surface area contributed by atoms with Gasteiger partial charge in [-0.05, 0) is 55.3 Å². The molecule has 0 spiro atoms. The van der Waals surface area contributed by atoms with E-state index < -0.39 is 35.1 Å². The van der Waals surface area contributed by atoms with Gasteiger partial charge in [-0.1, -0.05) is 6.07 Å². The van der Waals surface area contributed by atoms with Gasteiger partial charge < -0.3 is 18.9 Å². The zero-order chi connectivity index (χ0) is 22.4. The highest BCUT2D eigenvalue weighted by atomic mass is 16.7. The molecule has 2 atom stereocenters. The first-order chi connectivity index (χ1) is 14.9. The van der Waals surface area contributed by atoms with Crippen LogP contribution in [0.15, 0.2) is 42.5 Å². The third kappa shape index (κ3) is 5.30. The fourth-order valence-electron chi connectivity index (χ4n) is 3.53. The first-order valence-corrected chi connectivity index (χ1v) is 9.78. The molecule has 0 N–H and O–H groups in total. The standard InChI is InChI=1S/C22H23NO8/c1-3-29-22(25)20(21(24)15-5-7-17(28-2)8-6-15)16(12-23(26)27)10-14-4-9-18-19(11-14)31-13-30-18/h4-9,11,16,20H,3,10,12-13H2,1-2H3. The van der Waals surface area contributed by atoms with Crippen molar-refractivity contribution in [3.05, 3.63) is 63.7 Å². The number of carbonyl (C=O) groups excluding carboxylic acids is 2. The number of ketones is 1. The number of nitro groups is 1. The molecular weight excluding hydrogens is 406 g/mol. The molecule has 0 aromatic heterocycles. The average molecular weight is 429 g/mol. The lowest BCUT2D eigenvalue weighted by Crippen LogP contribution is -2.38. The molecule has 9 heteroatoms. The minimum absolute atomic E-state index is 0.0560. The van der Waals surface area contributed by atoms with Crippen molar-refractivity contribution >= 4 is 11.8 Å². The molecule has 2 aromatic rings. The van der Waals surface area contributed by atoms with Crippen molar-refractivity contribution in [2.45, 2.75) is 13.3 Å². The van der Waals surface area contributed by atoms with E-state index in [0.717, 1.165) is 0 Å². The zero-order valence-electron chi connectivity index (χ0n) is 17.2. The van der Waals surface area contributed by atoms with Gasteiger partial charge in [0.25, 0.3) is 0 Å². The molecule has 1 aliphatic heterocycles. The van der Waals surface area contributed by atoms with Crippen LogP contribution in [-0.2, 0) is 16.0 Å². The summed E-state index contributed by atoms with van der Waals surface area (Å²) in [6.45, 7) is 1.20. The van der Waals surface area contributed by atoms with E-state index in [1.54, 1.807) is 37.3 Å². The normalized spacial score (nSPS) is 13.9. The van der Waals surface area contributed by atoms with Gasteiger partial charge in [0.05, 0.1) is 13.7 Å². The molecule has 0 fully saturated rings. The number of hydrogen-bond acceptors (Lipinski definition) is 8. The quantitative estimate of drug-likeness (QED) is 0.186. The Morgan fingerprint density at radius 3 is 2.48 bits per heavy atom. The van der Waals surface area contributed by atoms with Crippen molar-refractivity contribution in [3.8, 4) is 17.2 Å². The Bertz CT molecular complexity index is 956. The first kappa shape index (κ1) is 22.1. The number of Topliss-reactive ketones (excluding diaryl/α,β-unsaturated/α-hetero) is 1. The summed E-state index contributed by atoms with van der Waals surface area (Å²) in [6.07, 6.45) is 0.114. The number of benzene rings is 2. The minimum atomic E-state index is -1.33. The fourth-order valence-corrected chi connectivity index (χ4v) is 3.53. The molecule has 0 radical (unpaired) electrons. The maximum Gasteiger partial charge on any atom is 0.317 e. The summed E-state index contributed by atoms with van der Waals surface area (Å²) in [5.74, 6) is -1.92. The number of rotatable bonds is 10. The third-order valence-electron chi connectivity index (χ3n) is 4.99. The van der Waals surface area contributed by atoms with Crippen molar-refractivity contribution < 1.29 is 33.5 Å². The summed E-state index contributed by atoms with van der Waals surface area (Å²) in [5.41, 5.74) is 0.936. The fraction of sp³-hybridized carbons (Fsp3) is 0.364. The lowest BCUT2D eigenvalue weighted by molar-refractivity contribution is -0.489. The van der Waals surface area contributed by atoms with E-state index in [2.05, 4.69) is 0 Å². The van der Waals surface area contributed by atoms with Crippen LogP contribution in [0.5, 0.6) is 17.2 Å². The Labute approximate surface area is 179 Å². The van der Waals surface area contributed by atoms with Gasteiger partial charge >= 0.3 is 5.97 Å². The second-order valence-corrected chi connectivity index (χ2v) is 6.99. The van der Waals surface area contributed by atoms with Crippen LogP contribution in [0, 0.1) is 22.0 Å². The number of carbonyl (C=O) groups is 2. The van der Waals surface area contributed by atoms with Gasteiger partial charge in [0.2, 0.25) is 13.3 Å². The van der Waals surface area contributed by atoms with Crippen molar-refractivity contribution in [1.82, 2.24) is 0 Å². The van der Waals surface area contributed by atoms with E-state index in [1.165, 1.54) is 19.2 Å². The second kappa shape index (κ2) is 9.92. The van der Waals surface area contributed by atoms with E-state index in [4.69, 9.17) is 18.9 Å². The predicted octanol–water partition coefficient (Wildman–Crippen LogP) is 2.92. The molecule has 0 aliphatic carbocycles. The molecule has 31 heavy (non-hydrogen) atoms. The topological polar surface area (TPSA) is 114 Å². The van der Waals surface area contributed by atoms with Crippen LogP contribution in [0.3, 0.4) is 0 Å². The molecular formula is C22H23NO8. The summed E-state index contributed by atoms with van der Waals surface area (Å²) in [6, 6.07) is 11.4. The third-order valence-corrected chi connectivity index (χ3v) is 4.99. The van der Waals surface area contributed by atoms with Gasteiger partial charge in [-0.15, -0.1) is 0 Å². The van der Waals surface area contributed by atoms with Crippen LogP contribution < -0.4 is 14.2 Å². The van der Waals surface area contributed by atoms with Crippen molar-refractivity contribution in [3.63, 3.8) is 0 Å². The summed E-state index contributed by atoms with van der Waals surface area (Å²) in [7, 11) is 1.50. The van der Waals surface area contributed by atoms with Crippen LogP contribution in [0.25, 0.3) is 0 Å². The number of esters is 1. The summed E-state index contributed by atoms with van der Waals surface area (Å²) in [5, 5.41) is 11.4. The molecule has 0 bridgehead atoms. The smallest absolute Gasteiger partial charge is 0.317 e. The van der Waals surface area contributed by atoms with E-state index in [9.17, 15) is 19.7 Å².